The second kappa shape index (κ2) is 86.3. The quantitative estimate of drug-likeness (QED) is 0.0215. The Kier molecular flexibility index (Phi) is 97.4. The molecule has 8 aromatic carbocycles. The van der Waals surface area contributed by atoms with E-state index in [1.165, 1.54) is 227 Å². The number of aromatic carboxylic acids is 4. The van der Waals surface area contributed by atoms with Crippen LogP contribution in [0.5, 0.6) is 0 Å². The fourth-order valence-corrected chi connectivity index (χ4v) is 23.2. The molecule has 0 aliphatic rings. The first-order valence-electron chi connectivity index (χ1n) is 41.1. The van der Waals surface area contributed by atoms with Crippen molar-refractivity contribution in [1.29, 1.82) is 0 Å². The Labute approximate surface area is 753 Å². The summed E-state index contributed by atoms with van der Waals surface area (Å²) >= 11 is 0. The SMILES string of the molecule is CC[PH+](CC)CC.CC[PH+](CC)CC.CC[PH+](CC)CC.CC[PH+](CC)CC.CC[PH+](CC)CC.CC[PH+](CC)CC.CC[PH+](CC)CC.CC[PH+](CC)CC.O=C(O)c1cccc(C(=O)O)c1.O=C(O)c1cccc(C(=O)O)c1.[Pt].[Pt].[Pt].[Pt].[c-]1ccc2ccc3cc[c-]cc3c2c1.[c-]1ccc2ccc3cc[c-]cc3c2c1. The van der Waals surface area contributed by atoms with Gasteiger partial charge in [-0.1, -0.05) is 36.4 Å². The zero-order chi connectivity index (χ0) is 82.6. The van der Waals surface area contributed by atoms with Gasteiger partial charge in [-0.15, -0.1) is 21.5 Å². The van der Waals surface area contributed by atoms with Crippen LogP contribution in [0.4, 0.5) is 0 Å². The average Bonchev–Trinajstić information content (AvgIpc) is 0.805. The van der Waals surface area contributed by atoms with Crippen molar-refractivity contribution in [2.45, 2.75) is 166 Å². The Balaban J connectivity index is -0.000000177. The van der Waals surface area contributed by atoms with Gasteiger partial charge in [-0.05, 0) is 266 Å². The van der Waals surface area contributed by atoms with Crippen molar-refractivity contribution in [3.05, 3.63) is 192 Å². The van der Waals surface area contributed by atoms with Gasteiger partial charge >= 0.3 is 23.9 Å². The molecule has 0 saturated heterocycles. The number of carboxylic acids is 4. The number of rotatable bonds is 28. The molecule has 0 aromatic heterocycles. The molecule has 0 spiro atoms. The van der Waals surface area contributed by atoms with E-state index in [0.717, 1.165) is 12.1 Å². The van der Waals surface area contributed by atoms with E-state index >= 15 is 0 Å². The molecule has 0 unspecified atom stereocenters. The van der Waals surface area contributed by atoms with Gasteiger partial charge in [-0.2, -0.15) is 119 Å². The minimum Gasteiger partial charge on any atom is -0.478 e. The van der Waals surface area contributed by atoms with Gasteiger partial charge in [0.2, 0.25) is 0 Å². The number of hydrogen-bond acceptors (Lipinski definition) is 4. The molecule has 0 amide bonds. The monoisotopic (exact) mass is 2420 g/mol. The first kappa shape index (κ1) is 126. The van der Waals surface area contributed by atoms with Gasteiger partial charge in [0.05, 0.1) is 170 Å². The van der Waals surface area contributed by atoms with Crippen LogP contribution >= 0.6 is 63.4 Å². The largest absolute Gasteiger partial charge is 0.478 e. The van der Waals surface area contributed by atoms with E-state index in [1.54, 1.807) is 0 Å². The fourth-order valence-electron chi connectivity index (χ4n) is 11.2. The Morgan fingerprint density at radius 3 is 0.446 bits per heavy atom. The van der Waals surface area contributed by atoms with E-state index in [1.807, 2.05) is 48.5 Å². The summed E-state index contributed by atoms with van der Waals surface area (Å²) in [5, 5.41) is 44.0. The van der Waals surface area contributed by atoms with Crippen LogP contribution in [0.1, 0.15) is 208 Å². The zero-order valence-electron chi connectivity index (χ0n) is 73.5. The summed E-state index contributed by atoms with van der Waals surface area (Å²) in [7, 11) is 1.10. The van der Waals surface area contributed by atoms with E-state index in [2.05, 4.69) is 239 Å². The van der Waals surface area contributed by atoms with Crippen molar-refractivity contribution in [3.63, 3.8) is 0 Å². The molecule has 8 rings (SSSR count). The number of fused-ring (bicyclic) bond motifs is 6. The second-order valence-corrected chi connectivity index (χ2v) is 54.6. The van der Waals surface area contributed by atoms with Gasteiger partial charge in [0.25, 0.3) is 0 Å². The van der Waals surface area contributed by atoms with Crippen LogP contribution in [-0.2, 0) is 84.3 Å². The van der Waals surface area contributed by atoms with Crippen molar-refractivity contribution < 1.29 is 124 Å². The summed E-state index contributed by atoms with van der Waals surface area (Å²) in [5.74, 6) is -4.51. The molecule has 112 heavy (non-hydrogen) atoms. The Bertz CT molecular complexity index is 2940. The molecular formula is C92H156O8P8Pt4+4. The summed E-state index contributed by atoms with van der Waals surface area (Å²) < 4.78 is 0. The molecule has 0 bridgehead atoms. The normalized spacial score (nSPS) is 9.86. The third kappa shape index (κ3) is 60.4. The maximum Gasteiger partial charge on any atom is 0.335 e. The van der Waals surface area contributed by atoms with Crippen LogP contribution in [0.3, 0.4) is 0 Å². The molecule has 8 nitrogen and oxygen atoms in total. The minimum atomic E-state index is -1.13. The maximum absolute atomic E-state index is 10.4. The molecule has 0 saturated carbocycles. The summed E-state index contributed by atoms with van der Waals surface area (Å²) in [6.07, 6.45) is 34.9. The minimum absolute atomic E-state index is 0. The first-order chi connectivity index (χ1) is 51.9. The molecule has 0 aliphatic carbocycles. The summed E-state index contributed by atoms with van der Waals surface area (Å²) in [6.45, 7) is 55.4. The predicted octanol–water partition coefficient (Wildman–Crippen LogP) is 27.4. The van der Waals surface area contributed by atoms with Crippen LogP contribution in [-0.4, -0.2) is 192 Å². The van der Waals surface area contributed by atoms with Gasteiger partial charge in [0.1, 0.15) is 0 Å². The molecular weight excluding hydrogens is 2260 g/mol. The predicted molar refractivity (Wildman–Crippen MR) is 518 cm³/mol. The first-order valence-corrected chi connectivity index (χ1v) is 58.1. The summed E-state index contributed by atoms with van der Waals surface area (Å²) in [4.78, 5) is 41.5. The van der Waals surface area contributed by atoms with Gasteiger partial charge < -0.3 is 20.4 Å². The van der Waals surface area contributed by atoms with Crippen LogP contribution in [0.2, 0.25) is 0 Å². The van der Waals surface area contributed by atoms with Gasteiger partial charge in [-0.25, -0.2) is 19.2 Å². The molecule has 8 aromatic rings. The molecule has 4 N–H and O–H groups in total. The third-order valence-electron chi connectivity index (χ3n) is 19.8. The van der Waals surface area contributed by atoms with Gasteiger partial charge in [-0.3, -0.25) is 0 Å². The fraction of sp³-hybridized carbons (Fsp3) is 0.522. The molecule has 20 heteroatoms. The average molecular weight is 2420 g/mol. The Morgan fingerprint density at radius 1 is 0.223 bits per heavy atom. The summed E-state index contributed by atoms with van der Waals surface area (Å²) in [6, 6.07) is 55.7. The molecule has 0 fully saturated rings. The van der Waals surface area contributed by atoms with Crippen molar-refractivity contribution in [1.82, 2.24) is 0 Å². The Hall–Kier alpha value is -1.13. The number of hydrogen-bond donors (Lipinski definition) is 4. The third-order valence-corrected chi connectivity index (χ3v) is 43.8. The molecule has 0 radical (unpaired) electrons. The van der Waals surface area contributed by atoms with Crippen LogP contribution < -0.4 is 0 Å². The molecule has 648 valence electrons. The topological polar surface area (TPSA) is 149 Å². The van der Waals surface area contributed by atoms with E-state index in [-0.39, 0.29) is 170 Å². The number of carboxylic acid groups (broad SMARTS) is 4. The van der Waals surface area contributed by atoms with Crippen LogP contribution in [0, 0.1) is 24.3 Å². The van der Waals surface area contributed by atoms with Crippen LogP contribution in [0.15, 0.2) is 146 Å². The van der Waals surface area contributed by atoms with E-state index in [9.17, 15) is 19.2 Å². The molecule has 0 aliphatic heterocycles. The van der Waals surface area contributed by atoms with Crippen molar-refractivity contribution in [2.75, 3.05) is 148 Å². The zero-order valence-corrected chi connectivity index (χ0v) is 90.6. The standard InChI is InChI=1S/2C14H8.2C8H6O4.8C6H15P.4Pt/c2*1-3-7-13-11(5-1)9-10-12-6-2-4-8-14(12)13;2*9-7(10)5-2-1-3-6(4-5)8(11)12;8*1-4-7(5-2)6-3;;;;/h2*1-2,5-10H;2*1-4H,(H,9,10)(H,11,12);8*4-6H2,1-3H3;;;;/q2*-2;;;;;;;;;;;;;;/p+8. The molecule has 0 heterocycles. The smallest absolute Gasteiger partial charge is 0.335 e. The second-order valence-electron chi connectivity index (χ2n) is 25.6. The summed E-state index contributed by atoms with van der Waals surface area (Å²) in [5.41, 5.74) is -0.0744. The number of benzene rings is 8. The van der Waals surface area contributed by atoms with Crippen molar-refractivity contribution in [2.24, 2.45) is 0 Å². The van der Waals surface area contributed by atoms with E-state index in [4.69, 9.17) is 20.4 Å². The maximum atomic E-state index is 10.4. The van der Waals surface area contributed by atoms with Crippen LogP contribution in [0.25, 0.3) is 43.1 Å². The molecule has 0 atom stereocenters. The number of carbonyl (C=O) groups is 4. The Morgan fingerprint density at radius 2 is 0.348 bits per heavy atom. The van der Waals surface area contributed by atoms with Crippen molar-refractivity contribution in [3.8, 4) is 0 Å². The van der Waals surface area contributed by atoms with E-state index in [0.29, 0.717) is 0 Å². The van der Waals surface area contributed by atoms with Gasteiger partial charge in [0, 0.05) is 84.3 Å². The van der Waals surface area contributed by atoms with Gasteiger partial charge in [0.15, 0.2) is 0 Å². The van der Waals surface area contributed by atoms with Crippen molar-refractivity contribution >= 4 is 130 Å². The van der Waals surface area contributed by atoms with E-state index < -0.39 is 23.9 Å².